The van der Waals surface area contributed by atoms with Crippen LogP contribution < -0.4 is 10.1 Å². The van der Waals surface area contributed by atoms with E-state index in [2.05, 4.69) is 23.7 Å². The minimum absolute atomic E-state index is 0.273. The van der Waals surface area contributed by atoms with Crippen molar-refractivity contribution in [2.45, 2.75) is 19.5 Å². The second kappa shape index (κ2) is 5.98. The zero-order chi connectivity index (χ0) is 13.0. The molecule has 1 N–H and O–H groups in total. The lowest BCUT2D eigenvalue weighted by molar-refractivity contribution is 0.386. The van der Waals surface area contributed by atoms with Gasteiger partial charge in [-0.1, -0.05) is 12.1 Å². The van der Waals surface area contributed by atoms with E-state index in [4.69, 9.17) is 4.74 Å². The van der Waals surface area contributed by atoms with Gasteiger partial charge in [0.2, 0.25) is 0 Å². The lowest BCUT2D eigenvalue weighted by Gasteiger charge is -2.12. The van der Waals surface area contributed by atoms with Crippen molar-refractivity contribution in [2.75, 3.05) is 7.11 Å². The predicted molar refractivity (Wildman–Crippen MR) is 72.5 cm³/mol. The Kier molecular flexibility index (Phi) is 4.33. The van der Waals surface area contributed by atoms with Gasteiger partial charge in [-0.2, -0.15) is 0 Å². The Labute approximate surface area is 110 Å². The molecule has 2 nitrogen and oxygen atoms in total. The van der Waals surface area contributed by atoms with Crippen LogP contribution in [0, 0.1) is 5.82 Å². The Balaban J connectivity index is 1.96. The van der Waals surface area contributed by atoms with Crippen molar-refractivity contribution in [3.05, 3.63) is 52.0 Å². The fraction of sp³-hybridized carbons (Fsp3) is 0.286. The summed E-state index contributed by atoms with van der Waals surface area (Å²) in [7, 11) is 1.47. The van der Waals surface area contributed by atoms with Crippen molar-refractivity contribution in [1.82, 2.24) is 5.32 Å². The van der Waals surface area contributed by atoms with Gasteiger partial charge >= 0.3 is 0 Å². The summed E-state index contributed by atoms with van der Waals surface area (Å²) in [6.07, 6.45) is 0. The second-order valence-corrected chi connectivity index (χ2v) is 5.07. The maximum atomic E-state index is 13.5. The van der Waals surface area contributed by atoms with Crippen molar-refractivity contribution >= 4 is 11.3 Å². The zero-order valence-corrected chi connectivity index (χ0v) is 11.3. The molecule has 0 aliphatic heterocycles. The van der Waals surface area contributed by atoms with E-state index in [1.807, 2.05) is 12.1 Å². The average Bonchev–Trinajstić information content (AvgIpc) is 2.90. The Morgan fingerprint density at radius 3 is 2.83 bits per heavy atom. The van der Waals surface area contributed by atoms with Crippen LogP contribution >= 0.6 is 11.3 Å². The fourth-order valence-electron chi connectivity index (χ4n) is 1.73. The monoisotopic (exact) mass is 265 g/mol. The van der Waals surface area contributed by atoms with E-state index in [0.29, 0.717) is 6.54 Å². The van der Waals surface area contributed by atoms with Gasteiger partial charge in [0.15, 0.2) is 11.6 Å². The van der Waals surface area contributed by atoms with Gasteiger partial charge in [-0.25, -0.2) is 4.39 Å². The molecule has 2 rings (SSSR count). The Hall–Kier alpha value is -1.39. The molecule has 1 heterocycles. The number of rotatable bonds is 5. The van der Waals surface area contributed by atoms with Gasteiger partial charge in [-0.05, 0) is 36.1 Å². The highest BCUT2D eigenvalue weighted by molar-refractivity contribution is 7.10. The first kappa shape index (κ1) is 13.1. The van der Waals surface area contributed by atoms with Gasteiger partial charge < -0.3 is 10.1 Å². The summed E-state index contributed by atoms with van der Waals surface area (Å²) in [4.78, 5) is 1.28. The van der Waals surface area contributed by atoms with Crippen molar-refractivity contribution in [1.29, 1.82) is 0 Å². The number of halogens is 1. The fourth-order valence-corrected chi connectivity index (χ4v) is 2.49. The molecular formula is C14H16FNOS. The molecule has 0 fully saturated rings. The van der Waals surface area contributed by atoms with Crippen molar-refractivity contribution in [2.24, 2.45) is 0 Å². The molecule has 0 spiro atoms. The third kappa shape index (κ3) is 3.09. The van der Waals surface area contributed by atoms with Crippen LogP contribution in [-0.4, -0.2) is 7.11 Å². The SMILES string of the molecule is COc1ccc(CN[C@H](C)c2cccs2)cc1F. The molecule has 18 heavy (non-hydrogen) atoms. The predicted octanol–water partition coefficient (Wildman–Crippen LogP) is 3.75. The van der Waals surface area contributed by atoms with E-state index < -0.39 is 0 Å². The van der Waals surface area contributed by atoms with Crippen molar-refractivity contribution in [3.63, 3.8) is 0 Å². The van der Waals surface area contributed by atoms with Crippen LogP contribution in [0.2, 0.25) is 0 Å². The first-order valence-corrected chi connectivity index (χ1v) is 6.68. The topological polar surface area (TPSA) is 21.3 Å². The molecule has 0 unspecified atom stereocenters. The number of methoxy groups -OCH3 is 1. The Bertz CT molecular complexity index is 499. The van der Waals surface area contributed by atoms with Crippen LogP contribution in [0.1, 0.15) is 23.4 Å². The van der Waals surface area contributed by atoms with Crippen molar-refractivity contribution in [3.8, 4) is 5.75 Å². The smallest absolute Gasteiger partial charge is 0.165 e. The van der Waals surface area contributed by atoms with E-state index in [-0.39, 0.29) is 17.6 Å². The molecule has 0 saturated heterocycles. The zero-order valence-electron chi connectivity index (χ0n) is 10.4. The molecule has 1 atom stereocenters. The van der Waals surface area contributed by atoms with E-state index >= 15 is 0 Å². The van der Waals surface area contributed by atoms with Gasteiger partial charge in [0.25, 0.3) is 0 Å². The van der Waals surface area contributed by atoms with E-state index in [1.54, 1.807) is 17.4 Å². The number of nitrogens with one attached hydrogen (secondary N) is 1. The standard InChI is InChI=1S/C14H16FNOS/c1-10(14-4-3-7-18-14)16-9-11-5-6-13(17-2)12(15)8-11/h3-8,10,16H,9H2,1-2H3/t10-/m1/s1. The maximum Gasteiger partial charge on any atom is 0.165 e. The van der Waals surface area contributed by atoms with Crippen molar-refractivity contribution < 1.29 is 9.13 Å². The van der Waals surface area contributed by atoms with Gasteiger partial charge in [-0.15, -0.1) is 11.3 Å². The average molecular weight is 265 g/mol. The highest BCUT2D eigenvalue weighted by atomic mass is 32.1. The third-order valence-electron chi connectivity index (χ3n) is 2.80. The number of hydrogen-bond acceptors (Lipinski definition) is 3. The van der Waals surface area contributed by atoms with Gasteiger partial charge in [-0.3, -0.25) is 0 Å². The molecule has 0 aliphatic carbocycles. The van der Waals surface area contributed by atoms with Crippen LogP contribution in [0.4, 0.5) is 4.39 Å². The molecule has 96 valence electrons. The Morgan fingerprint density at radius 1 is 1.39 bits per heavy atom. The van der Waals surface area contributed by atoms with Gasteiger partial charge in [0.1, 0.15) is 0 Å². The van der Waals surface area contributed by atoms with Crippen LogP contribution in [0.3, 0.4) is 0 Å². The largest absolute Gasteiger partial charge is 0.494 e. The second-order valence-electron chi connectivity index (χ2n) is 4.09. The molecule has 1 aromatic heterocycles. The van der Waals surface area contributed by atoms with Crippen LogP contribution in [0.15, 0.2) is 35.7 Å². The number of hydrogen-bond donors (Lipinski definition) is 1. The molecule has 0 amide bonds. The summed E-state index contributed by atoms with van der Waals surface area (Å²) in [6, 6.07) is 9.43. The first-order valence-electron chi connectivity index (χ1n) is 5.80. The summed E-state index contributed by atoms with van der Waals surface area (Å²) in [5, 5.41) is 5.43. The van der Waals surface area contributed by atoms with Crippen LogP contribution in [0.5, 0.6) is 5.75 Å². The number of thiophene rings is 1. The highest BCUT2D eigenvalue weighted by Crippen LogP contribution is 2.20. The number of benzene rings is 1. The lowest BCUT2D eigenvalue weighted by Crippen LogP contribution is -2.17. The summed E-state index contributed by atoms with van der Waals surface area (Å²) >= 11 is 1.72. The quantitative estimate of drug-likeness (QED) is 0.889. The minimum atomic E-state index is -0.319. The minimum Gasteiger partial charge on any atom is -0.494 e. The van der Waals surface area contributed by atoms with E-state index in [9.17, 15) is 4.39 Å². The molecular weight excluding hydrogens is 249 g/mol. The van der Waals surface area contributed by atoms with Gasteiger partial charge in [0.05, 0.1) is 7.11 Å². The summed E-state index contributed by atoms with van der Waals surface area (Å²) < 4.78 is 18.4. The normalized spacial score (nSPS) is 12.4. The summed E-state index contributed by atoms with van der Waals surface area (Å²) in [5.74, 6) is -0.0365. The maximum absolute atomic E-state index is 13.5. The molecule has 2 aromatic rings. The van der Waals surface area contributed by atoms with Crippen LogP contribution in [-0.2, 0) is 6.54 Å². The molecule has 0 saturated carbocycles. The number of ether oxygens (including phenoxy) is 1. The molecule has 1 aromatic carbocycles. The van der Waals surface area contributed by atoms with Crippen LogP contribution in [0.25, 0.3) is 0 Å². The Morgan fingerprint density at radius 2 is 2.22 bits per heavy atom. The van der Waals surface area contributed by atoms with E-state index in [1.165, 1.54) is 18.1 Å². The van der Waals surface area contributed by atoms with E-state index in [0.717, 1.165) is 5.56 Å². The first-order chi connectivity index (χ1) is 8.70. The summed E-state index contributed by atoms with van der Waals surface area (Å²) in [6.45, 7) is 2.74. The third-order valence-corrected chi connectivity index (χ3v) is 3.85. The van der Waals surface area contributed by atoms with Gasteiger partial charge in [0, 0.05) is 17.5 Å². The lowest BCUT2D eigenvalue weighted by atomic mass is 10.2. The molecule has 0 radical (unpaired) electrons. The molecule has 4 heteroatoms. The molecule has 0 aliphatic rings. The highest BCUT2D eigenvalue weighted by Gasteiger charge is 2.07. The summed E-state index contributed by atoms with van der Waals surface area (Å²) in [5.41, 5.74) is 0.914. The molecule has 0 bridgehead atoms.